The topological polar surface area (TPSA) is 26.0 Å². The Bertz CT molecular complexity index is 117. The Labute approximate surface area is 71.4 Å². The average Bonchev–Trinajstić information content (AvgIpc) is 1.56. The van der Waals surface area contributed by atoms with Gasteiger partial charge in [0.05, 0.1) is 0 Å². The Morgan fingerprint density at radius 1 is 1.09 bits per heavy atom. The van der Waals surface area contributed by atoms with Crippen LogP contribution >= 0.6 is 0 Å². The first-order chi connectivity index (χ1) is 4.65. The Morgan fingerprint density at radius 2 is 1.45 bits per heavy atom. The summed E-state index contributed by atoms with van der Waals surface area (Å²) in [7, 11) is 0. The highest BCUT2D eigenvalue weighted by Crippen LogP contribution is 2.33. The minimum Gasteiger partial charge on any atom is -0.326 e. The van der Waals surface area contributed by atoms with Gasteiger partial charge in [-0.25, -0.2) is 0 Å². The van der Waals surface area contributed by atoms with Crippen molar-refractivity contribution >= 4 is 0 Å². The summed E-state index contributed by atoms with van der Waals surface area (Å²) in [6.07, 6.45) is 1.08. The van der Waals surface area contributed by atoms with Gasteiger partial charge in [0.25, 0.3) is 0 Å². The summed E-state index contributed by atoms with van der Waals surface area (Å²) in [5, 5.41) is 0. The largest absolute Gasteiger partial charge is 0.326 e. The number of hydrogen-bond acceptors (Lipinski definition) is 1. The maximum absolute atomic E-state index is 5.96. The van der Waals surface area contributed by atoms with Crippen LogP contribution in [-0.2, 0) is 0 Å². The van der Waals surface area contributed by atoms with Gasteiger partial charge >= 0.3 is 0 Å². The summed E-state index contributed by atoms with van der Waals surface area (Å²) in [6.45, 7) is 13.3. The van der Waals surface area contributed by atoms with Crippen LogP contribution in [0.4, 0.5) is 0 Å². The molecule has 0 saturated heterocycles. The van der Waals surface area contributed by atoms with Crippen molar-refractivity contribution in [2.45, 2.75) is 53.5 Å². The quantitative estimate of drug-likeness (QED) is 0.670. The molecule has 0 amide bonds. The van der Waals surface area contributed by atoms with E-state index in [0.717, 1.165) is 6.42 Å². The van der Waals surface area contributed by atoms with Crippen LogP contribution in [0.25, 0.3) is 0 Å². The fraction of sp³-hybridized carbons (Fsp3) is 1.00. The third-order valence-corrected chi connectivity index (χ3v) is 2.47. The fourth-order valence-electron chi connectivity index (χ4n) is 1.38. The van der Waals surface area contributed by atoms with Gasteiger partial charge in [-0.05, 0) is 31.6 Å². The predicted molar refractivity (Wildman–Crippen MR) is 51.5 cm³/mol. The summed E-state index contributed by atoms with van der Waals surface area (Å²) < 4.78 is 0. The average molecular weight is 157 g/mol. The molecule has 0 fully saturated rings. The van der Waals surface area contributed by atoms with Crippen LogP contribution in [0.15, 0.2) is 0 Å². The van der Waals surface area contributed by atoms with E-state index in [0.29, 0.717) is 11.3 Å². The van der Waals surface area contributed by atoms with E-state index in [2.05, 4.69) is 41.5 Å². The van der Waals surface area contributed by atoms with Crippen LogP contribution < -0.4 is 5.73 Å². The molecule has 1 heteroatoms. The standard InChI is InChI=1S/C10H23N/c1-8(2)9(3,4)7-10(5,6)11/h8H,7,11H2,1-6H3. The van der Waals surface area contributed by atoms with Crippen molar-refractivity contribution in [1.82, 2.24) is 0 Å². The van der Waals surface area contributed by atoms with Gasteiger partial charge in [0.1, 0.15) is 0 Å². The summed E-state index contributed by atoms with van der Waals surface area (Å²) in [4.78, 5) is 0. The van der Waals surface area contributed by atoms with E-state index in [9.17, 15) is 0 Å². The lowest BCUT2D eigenvalue weighted by Gasteiger charge is -2.35. The first kappa shape index (κ1) is 11.0. The van der Waals surface area contributed by atoms with E-state index in [1.807, 2.05) is 0 Å². The monoisotopic (exact) mass is 157 g/mol. The lowest BCUT2D eigenvalue weighted by Crippen LogP contribution is -2.39. The zero-order valence-electron chi connectivity index (χ0n) is 8.86. The lowest BCUT2D eigenvalue weighted by atomic mass is 9.73. The van der Waals surface area contributed by atoms with Crippen LogP contribution in [0.5, 0.6) is 0 Å². The molecule has 1 nitrogen and oxygen atoms in total. The maximum atomic E-state index is 5.96. The molecule has 0 aliphatic carbocycles. The normalized spacial score (nSPS) is 14.2. The van der Waals surface area contributed by atoms with Gasteiger partial charge in [0.15, 0.2) is 0 Å². The molecule has 0 radical (unpaired) electrons. The van der Waals surface area contributed by atoms with E-state index in [1.54, 1.807) is 0 Å². The summed E-state index contributed by atoms with van der Waals surface area (Å²) in [5.41, 5.74) is 6.28. The molecule has 0 rings (SSSR count). The number of hydrogen-bond donors (Lipinski definition) is 1. The molecule has 0 bridgehead atoms. The SMILES string of the molecule is CC(C)C(C)(C)CC(C)(C)N. The second-order valence-electron chi connectivity index (χ2n) is 5.31. The Hall–Kier alpha value is -0.0400. The molecule has 0 aliphatic rings. The molecule has 0 aliphatic heterocycles. The molecule has 0 aromatic heterocycles. The van der Waals surface area contributed by atoms with E-state index in [1.165, 1.54) is 0 Å². The van der Waals surface area contributed by atoms with Gasteiger partial charge in [-0.2, -0.15) is 0 Å². The molecule has 0 aromatic rings. The zero-order valence-corrected chi connectivity index (χ0v) is 8.86. The highest BCUT2D eigenvalue weighted by molar-refractivity contribution is 4.83. The molecule has 0 saturated carbocycles. The van der Waals surface area contributed by atoms with Gasteiger partial charge in [0, 0.05) is 5.54 Å². The lowest BCUT2D eigenvalue weighted by molar-refractivity contribution is 0.183. The molecule has 0 heterocycles. The van der Waals surface area contributed by atoms with Crippen molar-refractivity contribution in [2.24, 2.45) is 17.1 Å². The third-order valence-electron chi connectivity index (χ3n) is 2.47. The Balaban J connectivity index is 4.13. The van der Waals surface area contributed by atoms with E-state index < -0.39 is 0 Å². The van der Waals surface area contributed by atoms with Crippen molar-refractivity contribution in [3.63, 3.8) is 0 Å². The van der Waals surface area contributed by atoms with Gasteiger partial charge in [-0.3, -0.25) is 0 Å². The van der Waals surface area contributed by atoms with Crippen LogP contribution in [0.3, 0.4) is 0 Å². The highest BCUT2D eigenvalue weighted by atomic mass is 14.7. The second kappa shape index (κ2) is 3.14. The van der Waals surface area contributed by atoms with Crippen LogP contribution in [0.2, 0.25) is 0 Å². The van der Waals surface area contributed by atoms with Gasteiger partial charge in [-0.15, -0.1) is 0 Å². The van der Waals surface area contributed by atoms with E-state index in [4.69, 9.17) is 5.73 Å². The molecular formula is C10H23N. The third kappa shape index (κ3) is 4.41. The van der Waals surface area contributed by atoms with Crippen molar-refractivity contribution < 1.29 is 0 Å². The van der Waals surface area contributed by atoms with Crippen LogP contribution in [-0.4, -0.2) is 5.54 Å². The molecule has 0 unspecified atom stereocenters. The molecule has 68 valence electrons. The van der Waals surface area contributed by atoms with Gasteiger partial charge in [0.2, 0.25) is 0 Å². The van der Waals surface area contributed by atoms with Crippen molar-refractivity contribution in [2.75, 3.05) is 0 Å². The number of rotatable bonds is 3. The number of nitrogens with two attached hydrogens (primary N) is 1. The molecule has 0 aromatic carbocycles. The van der Waals surface area contributed by atoms with Crippen molar-refractivity contribution in [3.8, 4) is 0 Å². The van der Waals surface area contributed by atoms with E-state index >= 15 is 0 Å². The van der Waals surface area contributed by atoms with Gasteiger partial charge < -0.3 is 5.73 Å². The molecule has 0 atom stereocenters. The summed E-state index contributed by atoms with van der Waals surface area (Å²) in [5.74, 6) is 0.699. The molecule has 2 N–H and O–H groups in total. The summed E-state index contributed by atoms with van der Waals surface area (Å²) >= 11 is 0. The Kier molecular flexibility index (Phi) is 3.13. The first-order valence-electron chi connectivity index (χ1n) is 4.44. The molecular weight excluding hydrogens is 134 g/mol. The predicted octanol–water partition coefficient (Wildman–Crippen LogP) is 2.80. The van der Waals surface area contributed by atoms with E-state index in [-0.39, 0.29) is 5.54 Å². The first-order valence-corrected chi connectivity index (χ1v) is 4.44. The van der Waals surface area contributed by atoms with Gasteiger partial charge in [-0.1, -0.05) is 27.7 Å². The smallest absolute Gasteiger partial charge is 0.0102 e. The zero-order chi connectivity index (χ0) is 9.28. The van der Waals surface area contributed by atoms with Crippen LogP contribution in [0, 0.1) is 11.3 Å². The maximum Gasteiger partial charge on any atom is 0.0102 e. The Morgan fingerprint density at radius 3 is 1.55 bits per heavy atom. The summed E-state index contributed by atoms with van der Waals surface area (Å²) in [6, 6.07) is 0. The second-order valence-corrected chi connectivity index (χ2v) is 5.31. The van der Waals surface area contributed by atoms with Crippen LogP contribution in [0.1, 0.15) is 48.0 Å². The fourth-order valence-corrected chi connectivity index (χ4v) is 1.38. The molecule has 11 heavy (non-hydrogen) atoms. The van der Waals surface area contributed by atoms with Crippen molar-refractivity contribution in [3.05, 3.63) is 0 Å². The minimum absolute atomic E-state index is 0.0340. The minimum atomic E-state index is -0.0340. The van der Waals surface area contributed by atoms with Crippen molar-refractivity contribution in [1.29, 1.82) is 0 Å². The molecule has 0 spiro atoms. The highest BCUT2D eigenvalue weighted by Gasteiger charge is 2.28.